The lowest BCUT2D eigenvalue weighted by Gasteiger charge is -2.07. The fourth-order valence-electron chi connectivity index (χ4n) is 2.89. The average Bonchev–Trinajstić information content (AvgIpc) is 3.31. The minimum Gasteiger partial charge on any atom is -0.501 e. The Kier molecular flexibility index (Phi) is 10.3. The summed E-state index contributed by atoms with van der Waals surface area (Å²) in [5.41, 5.74) is 2.22. The molecule has 6 nitrogen and oxygen atoms in total. The lowest BCUT2D eigenvalue weighted by Crippen LogP contribution is -2.24. The second kappa shape index (κ2) is 12.1. The highest BCUT2D eigenvalue weighted by Gasteiger charge is 2.17. The van der Waals surface area contributed by atoms with Crippen LogP contribution in [0.4, 0.5) is 0 Å². The van der Waals surface area contributed by atoms with Crippen molar-refractivity contribution < 1.29 is 4.74 Å². The fraction of sp³-hybridized carbons (Fsp3) is 0.435. The van der Waals surface area contributed by atoms with Gasteiger partial charge in [0.1, 0.15) is 5.52 Å². The predicted molar refractivity (Wildman–Crippen MR) is 129 cm³/mol. The highest BCUT2D eigenvalue weighted by atomic mass is 32.1. The number of thiazole rings is 1. The average molecular weight is 431 g/mol. The molecule has 0 fully saturated rings. The molecule has 0 aliphatic rings. The van der Waals surface area contributed by atoms with Crippen molar-refractivity contribution in [1.29, 1.82) is 0 Å². The molecule has 0 aliphatic heterocycles. The number of hydrogen-bond donors (Lipinski definition) is 0. The number of rotatable bonds is 6. The molecule has 0 N–H and O–H groups in total. The van der Waals surface area contributed by atoms with Gasteiger partial charge in [0.25, 0.3) is 5.56 Å². The van der Waals surface area contributed by atoms with Crippen molar-refractivity contribution in [3.63, 3.8) is 0 Å². The summed E-state index contributed by atoms with van der Waals surface area (Å²) in [6.07, 6.45) is 8.05. The summed E-state index contributed by atoms with van der Waals surface area (Å²) < 4.78 is 9.55. The van der Waals surface area contributed by atoms with Crippen LogP contribution >= 0.6 is 11.3 Å². The van der Waals surface area contributed by atoms with Crippen molar-refractivity contribution in [2.75, 3.05) is 7.11 Å². The van der Waals surface area contributed by atoms with Crippen molar-refractivity contribution in [3.8, 4) is 0 Å². The number of hydrogen-bond acceptors (Lipinski definition) is 5. The van der Waals surface area contributed by atoms with Crippen LogP contribution in [0.25, 0.3) is 21.3 Å². The van der Waals surface area contributed by atoms with Gasteiger partial charge in [-0.1, -0.05) is 53.3 Å². The maximum Gasteiger partial charge on any atom is 0.291 e. The molecule has 0 atom stereocenters. The van der Waals surface area contributed by atoms with E-state index in [4.69, 9.17) is 4.74 Å². The van der Waals surface area contributed by atoms with Gasteiger partial charge in [-0.15, -0.1) is 11.3 Å². The summed E-state index contributed by atoms with van der Waals surface area (Å²) >= 11 is 1.62. The van der Waals surface area contributed by atoms with Crippen LogP contribution < -0.4 is 5.56 Å². The normalized spacial score (nSPS) is 11.6. The quantitative estimate of drug-likeness (QED) is 0.376. The van der Waals surface area contributed by atoms with E-state index in [2.05, 4.69) is 23.6 Å². The van der Waals surface area contributed by atoms with Gasteiger partial charge in [0.05, 0.1) is 35.3 Å². The maximum atomic E-state index is 13.0. The molecule has 3 aromatic heterocycles. The van der Waals surface area contributed by atoms with Crippen LogP contribution in [-0.2, 0) is 24.8 Å². The van der Waals surface area contributed by atoms with Gasteiger partial charge in [-0.2, -0.15) is 5.10 Å². The van der Waals surface area contributed by atoms with Crippen LogP contribution in [-0.4, -0.2) is 26.4 Å². The number of fused-ring (bicyclic) bond motifs is 3. The molecule has 3 rings (SSSR count). The Morgan fingerprint density at radius 2 is 1.97 bits per heavy atom. The third-order valence-electron chi connectivity index (χ3n) is 4.25. The van der Waals surface area contributed by atoms with Crippen molar-refractivity contribution in [1.82, 2.24) is 19.3 Å². The Morgan fingerprint density at radius 1 is 1.30 bits per heavy atom. The number of ether oxygens (including phenoxy) is 1. The van der Waals surface area contributed by atoms with Crippen molar-refractivity contribution >= 4 is 32.6 Å². The molecule has 164 valence electrons. The van der Waals surface area contributed by atoms with Crippen LogP contribution in [0.15, 0.2) is 47.1 Å². The van der Waals surface area contributed by atoms with Gasteiger partial charge >= 0.3 is 0 Å². The van der Waals surface area contributed by atoms with Gasteiger partial charge < -0.3 is 9.30 Å². The Morgan fingerprint density at radius 3 is 2.53 bits per heavy atom. The van der Waals surface area contributed by atoms with Crippen molar-refractivity contribution in [2.45, 2.75) is 54.5 Å². The number of aryl methyl sites for hydroxylation is 2. The standard InChI is InChI=1S/C19H22N4O2S.2C2H6/c1-6-8-13(9-12(3)25-5)11-23-19(24)16-14(10-20-23)17-18(22(16)4)21-15(7-2)26-17;2*1-2/h6,8-10H,1,7,11H2,2-5H3;2*1-2H3/b12-9+,13-8+;;. The minimum absolute atomic E-state index is 0.133. The van der Waals surface area contributed by atoms with E-state index in [1.54, 1.807) is 30.7 Å². The molecule has 0 saturated carbocycles. The van der Waals surface area contributed by atoms with E-state index < -0.39 is 0 Å². The molecule has 0 spiro atoms. The summed E-state index contributed by atoms with van der Waals surface area (Å²) in [5.74, 6) is 0.753. The van der Waals surface area contributed by atoms with Gasteiger partial charge in [-0.05, 0) is 25.0 Å². The fourth-order valence-corrected chi connectivity index (χ4v) is 3.93. The molecule has 3 aromatic rings. The molecule has 7 heteroatoms. The number of aromatic nitrogens is 4. The largest absolute Gasteiger partial charge is 0.501 e. The van der Waals surface area contributed by atoms with Crippen molar-refractivity contribution in [2.24, 2.45) is 7.05 Å². The second-order valence-corrected chi connectivity index (χ2v) is 7.06. The summed E-state index contributed by atoms with van der Waals surface area (Å²) in [7, 11) is 3.49. The van der Waals surface area contributed by atoms with Crippen LogP contribution in [0.5, 0.6) is 0 Å². The molecule has 0 aromatic carbocycles. The van der Waals surface area contributed by atoms with Gasteiger partial charge in [0.15, 0.2) is 5.65 Å². The van der Waals surface area contributed by atoms with Gasteiger partial charge in [0, 0.05) is 12.4 Å². The number of allylic oxidation sites excluding steroid dienone is 5. The minimum atomic E-state index is -0.133. The SMILES string of the molecule is C=C/C=C(\C=C(/C)OC)Cn1ncc2c3sc(CC)nc3n(C)c2c1=O.CC.CC. The zero-order valence-electron chi connectivity index (χ0n) is 19.4. The predicted octanol–water partition coefficient (Wildman–Crippen LogP) is 5.62. The van der Waals surface area contributed by atoms with E-state index in [1.165, 1.54) is 4.68 Å². The van der Waals surface area contributed by atoms with Gasteiger partial charge in [0.2, 0.25) is 0 Å². The first kappa shape index (κ1) is 25.4. The van der Waals surface area contributed by atoms with Crippen LogP contribution in [0.2, 0.25) is 0 Å². The molecule has 0 bridgehead atoms. The zero-order valence-corrected chi connectivity index (χ0v) is 20.3. The Balaban J connectivity index is 0.00000106. The first-order valence-electron chi connectivity index (χ1n) is 10.4. The van der Waals surface area contributed by atoms with E-state index in [0.29, 0.717) is 12.1 Å². The smallest absolute Gasteiger partial charge is 0.291 e. The summed E-state index contributed by atoms with van der Waals surface area (Å²) in [6, 6.07) is 0. The van der Waals surface area contributed by atoms with Gasteiger partial charge in [-0.3, -0.25) is 4.79 Å². The molecule has 30 heavy (non-hydrogen) atoms. The summed E-state index contributed by atoms with van der Waals surface area (Å²) in [5, 5.41) is 6.31. The Hall–Kier alpha value is -2.67. The topological polar surface area (TPSA) is 61.9 Å². The van der Waals surface area contributed by atoms with Crippen LogP contribution in [0.3, 0.4) is 0 Å². The van der Waals surface area contributed by atoms with Crippen LogP contribution in [0.1, 0.15) is 46.6 Å². The molecule has 0 unspecified atom stereocenters. The number of methoxy groups -OCH3 is 1. The zero-order chi connectivity index (χ0) is 22.8. The summed E-state index contributed by atoms with van der Waals surface area (Å²) in [6.45, 7) is 16.0. The molecule has 0 amide bonds. The lowest BCUT2D eigenvalue weighted by atomic mass is 10.2. The Labute approximate surface area is 183 Å². The molecule has 3 heterocycles. The van der Waals surface area contributed by atoms with E-state index >= 15 is 0 Å². The summed E-state index contributed by atoms with van der Waals surface area (Å²) in [4.78, 5) is 17.7. The van der Waals surface area contributed by atoms with E-state index in [1.807, 2.05) is 58.4 Å². The highest BCUT2D eigenvalue weighted by Crippen LogP contribution is 2.30. The molecular weight excluding hydrogens is 396 g/mol. The first-order valence-corrected chi connectivity index (χ1v) is 11.2. The highest BCUT2D eigenvalue weighted by molar-refractivity contribution is 7.19. The molecular formula is C23H34N4O2S. The third-order valence-corrected chi connectivity index (χ3v) is 5.47. The van der Waals surface area contributed by atoms with Crippen LogP contribution in [0, 0.1) is 0 Å². The van der Waals surface area contributed by atoms with E-state index in [-0.39, 0.29) is 5.56 Å². The second-order valence-electron chi connectivity index (χ2n) is 5.98. The van der Waals surface area contributed by atoms with Gasteiger partial charge in [-0.25, -0.2) is 9.67 Å². The first-order chi connectivity index (χ1) is 14.5. The maximum absolute atomic E-state index is 13.0. The third kappa shape index (κ3) is 5.27. The molecule has 0 aliphatic carbocycles. The molecule has 0 saturated heterocycles. The van der Waals surface area contributed by atoms with E-state index in [9.17, 15) is 4.79 Å². The molecule has 0 radical (unpaired) electrons. The Bertz CT molecular complexity index is 1100. The van der Waals surface area contributed by atoms with Crippen molar-refractivity contribution in [3.05, 3.63) is 57.7 Å². The van der Waals surface area contributed by atoms with E-state index in [0.717, 1.165) is 38.5 Å². The number of nitrogens with zero attached hydrogens (tertiary/aromatic N) is 4. The lowest BCUT2D eigenvalue weighted by molar-refractivity contribution is 0.293. The monoisotopic (exact) mass is 430 g/mol.